The van der Waals surface area contributed by atoms with Crippen LogP contribution in [0.1, 0.15) is 90.4 Å². The summed E-state index contributed by atoms with van der Waals surface area (Å²) >= 11 is 0. The van der Waals surface area contributed by atoms with E-state index in [1.807, 2.05) is 0 Å². The van der Waals surface area contributed by atoms with Gasteiger partial charge in [-0.15, -0.1) is 0 Å². The van der Waals surface area contributed by atoms with Crippen molar-refractivity contribution in [1.29, 1.82) is 0 Å². The Morgan fingerprint density at radius 1 is 1.00 bits per heavy atom. The van der Waals surface area contributed by atoms with Crippen molar-refractivity contribution in [2.45, 2.75) is 96.5 Å². The fraction of sp³-hybridized carbons (Fsp3) is 0.833. The van der Waals surface area contributed by atoms with Crippen LogP contribution in [0.4, 0.5) is 0 Å². The maximum atomic E-state index is 10.2. The zero-order chi connectivity index (χ0) is 15.8. The summed E-state index contributed by atoms with van der Waals surface area (Å²) in [6.07, 6.45) is 17.0. The van der Waals surface area contributed by atoms with Crippen LogP contribution in [-0.4, -0.2) is 17.2 Å². The minimum Gasteiger partial charge on any atom is -0.550 e. The predicted octanol–water partition coefficient (Wildman–Crippen LogP) is 0.749. The Hall–Kier alpha value is -0.233. The summed E-state index contributed by atoms with van der Waals surface area (Å²) in [5, 5.41) is 20.0. The Bertz CT molecular complexity index is 267. The number of hydrogen-bond acceptors (Lipinski definition) is 3. The van der Waals surface area contributed by atoms with Crippen molar-refractivity contribution in [3.8, 4) is 0 Å². The molecule has 0 bridgehead atoms. The summed E-state index contributed by atoms with van der Waals surface area (Å²) in [6, 6.07) is 0. The van der Waals surface area contributed by atoms with Gasteiger partial charge in [0.15, 0.2) is 0 Å². The first kappa shape index (κ1) is 24.0. The van der Waals surface area contributed by atoms with Gasteiger partial charge in [0, 0.05) is 5.97 Å². The van der Waals surface area contributed by atoms with Crippen LogP contribution in [0.5, 0.6) is 0 Å². The number of carbonyl (C=O) groups is 1. The second kappa shape index (κ2) is 18.8. The molecule has 0 aliphatic carbocycles. The molecule has 124 valence electrons. The van der Waals surface area contributed by atoms with E-state index >= 15 is 0 Å². The molecule has 0 amide bonds. The number of unbranched alkanes of at least 4 members (excludes halogenated alkanes) is 8. The summed E-state index contributed by atoms with van der Waals surface area (Å²) in [4.78, 5) is 10.2. The molecule has 0 aromatic heterocycles. The zero-order valence-electron chi connectivity index (χ0n) is 14.7. The first-order valence-electron chi connectivity index (χ1n) is 8.69. The van der Waals surface area contributed by atoms with Gasteiger partial charge in [0.05, 0.1) is 6.10 Å². The molecule has 0 saturated carbocycles. The van der Waals surface area contributed by atoms with Crippen molar-refractivity contribution in [2.75, 3.05) is 0 Å². The van der Waals surface area contributed by atoms with Crippen molar-refractivity contribution in [3.63, 3.8) is 0 Å². The summed E-state index contributed by atoms with van der Waals surface area (Å²) in [5.41, 5.74) is 0. The van der Waals surface area contributed by atoms with Gasteiger partial charge in [-0.3, -0.25) is 0 Å². The fourth-order valence-electron chi connectivity index (χ4n) is 2.36. The first-order valence-corrected chi connectivity index (χ1v) is 8.69. The van der Waals surface area contributed by atoms with Gasteiger partial charge in [0.2, 0.25) is 0 Å². The number of carboxylic acid groups (broad SMARTS) is 1. The van der Waals surface area contributed by atoms with Crippen LogP contribution in [0.25, 0.3) is 0 Å². The summed E-state index contributed by atoms with van der Waals surface area (Å²) in [6.45, 7) is 2.20. The SMILES string of the molecule is CCCCCC[C@@H](O)C/C=C/CCCCCCCC(=O)[O-].[Li+]. The Labute approximate surface area is 148 Å². The molecular formula is C18H33LiO3. The molecule has 0 aromatic carbocycles. The van der Waals surface area contributed by atoms with E-state index in [-0.39, 0.29) is 31.4 Å². The Kier molecular flexibility index (Phi) is 20.5. The fourth-order valence-corrected chi connectivity index (χ4v) is 2.36. The Balaban J connectivity index is 0. The van der Waals surface area contributed by atoms with Crippen LogP contribution in [-0.2, 0) is 4.79 Å². The largest absolute Gasteiger partial charge is 1.00 e. The average molecular weight is 304 g/mol. The van der Waals surface area contributed by atoms with Gasteiger partial charge in [0.1, 0.15) is 0 Å². The third-order valence-corrected chi connectivity index (χ3v) is 3.72. The second-order valence-electron chi connectivity index (χ2n) is 5.89. The van der Waals surface area contributed by atoms with Crippen molar-refractivity contribution in [1.82, 2.24) is 0 Å². The molecule has 0 rings (SSSR count). The van der Waals surface area contributed by atoms with Gasteiger partial charge >= 0.3 is 18.9 Å². The van der Waals surface area contributed by atoms with Crippen molar-refractivity contribution in [2.24, 2.45) is 0 Å². The number of aliphatic hydroxyl groups excluding tert-OH is 1. The predicted molar refractivity (Wildman–Crippen MR) is 85.8 cm³/mol. The van der Waals surface area contributed by atoms with Crippen molar-refractivity contribution in [3.05, 3.63) is 12.2 Å². The number of allylic oxidation sites excluding steroid dienone is 1. The molecule has 0 aliphatic heterocycles. The summed E-state index contributed by atoms with van der Waals surface area (Å²) in [7, 11) is 0. The minimum absolute atomic E-state index is 0. The molecule has 0 fully saturated rings. The minimum atomic E-state index is -0.939. The third kappa shape index (κ3) is 19.8. The van der Waals surface area contributed by atoms with E-state index < -0.39 is 5.97 Å². The topological polar surface area (TPSA) is 60.4 Å². The van der Waals surface area contributed by atoms with Gasteiger partial charge < -0.3 is 15.0 Å². The molecule has 0 radical (unpaired) electrons. The van der Waals surface area contributed by atoms with E-state index in [4.69, 9.17) is 0 Å². The first-order chi connectivity index (χ1) is 10.2. The smallest absolute Gasteiger partial charge is 0.550 e. The number of carbonyl (C=O) groups excluding carboxylic acids is 1. The van der Waals surface area contributed by atoms with E-state index in [1.165, 1.54) is 19.3 Å². The van der Waals surface area contributed by atoms with E-state index in [1.54, 1.807) is 0 Å². The van der Waals surface area contributed by atoms with Crippen LogP contribution in [0.15, 0.2) is 12.2 Å². The standard InChI is InChI=1S/C18H34O3.Li/c1-2-3-4-11-14-17(19)15-12-9-7-5-6-8-10-13-16-18(20)21;/h9,12,17,19H,2-8,10-11,13-16H2,1H3,(H,20,21);/q;+1/p-1/b12-9+;/t17-;/m1./s1. The Morgan fingerprint density at radius 3 is 2.32 bits per heavy atom. The molecule has 1 atom stereocenters. The molecule has 22 heavy (non-hydrogen) atoms. The molecule has 0 unspecified atom stereocenters. The van der Waals surface area contributed by atoms with Crippen LogP contribution >= 0.6 is 0 Å². The van der Waals surface area contributed by atoms with Gasteiger partial charge in [-0.2, -0.15) is 0 Å². The van der Waals surface area contributed by atoms with Gasteiger partial charge in [-0.1, -0.05) is 64.0 Å². The van der Waals surface area contributed by atoms with Crippen LogP contribution in [0.3, 0.4) is 0 Å². The average Bonchev–Trinajstić information content (AvgIpc) is 2.45. The monoisotopic (exact) mass is 304 g/mol. The van der Waals surface area contributed by atoms with E-state index in [0.29, 0.717) is 0 Å². The number of aliphatic carboxylic acids is 1. The van der Waals surface area contributed by atoms with Crippen LogP contribution in [0, 0.1) is 0 Å². The van der Waals surface area contributed by atoms with Crippen LogP contribution < -0.4 is 24.0 Å². The molecule has 1 N–H and O–H groups in total. The summed E-state index contributed by atoms with van der Waals surface area (Å²) in [5.74, 6) is -0.939. The molecular weight excluding hydrogens is 271 g/mol. The second-order valence-corrected chi connectivity index (χ2v) is 5.89. The molecule has 0 heterocycles. The Morgan fingerprint density at radius 2 is 1.64 bits per heavy atom. The number of carboxylic acids is 1. The number of hydrogen-bond donors (Lipinski definition) is 1. The maximum Gasteiger partial charge on any atom is 1.00 e. The van der Waals surface area contributed by atoms with E-state index in [9.17, 15) is 15.0 Å². The number of rotatable bonds is 15. The molecule has 0 saturated heterocycles. The summed E-state index contributed by atoms with van der Waals surface area (Å²) < 4.78 is 0. The molecule has 0 aromatic rings. The van der Waals surface area contributed by atoms with Crippen LogP contribution in [0.2, 0.25) is 0 Å². The number of aliphatic hydroxyl groups is 1. The van der Waals surface area contributed by atoms with E-state index in [2.05, 4.69) is 19.1 Å². The van der Waals surface area contributed by atoms with Crippen molar-refractivity contribution < 1.29 is 33.9 Å². The maximum absolute atomic E-state index is 10.2. The molecule has 3 nitrogen and oxygen atoms in total. The quantitative estimate of drug-likeness (QED) is 0.276. The van der Waals surface area contributed by atoms with Crippen molar-refractivity contribution >= 4 is 5.97 Å². The zero-order valence-corrected chi connectivity index (χ0v) is 14.7. The van der Waals surface area contributed by atoms with E-state index in [0.717, 1.165) is 57.8 Å². The molecule has 0 spiro atoms. The van der Waals surface area contributed by atoms with Gasteiger partial charge in [-0.05, 0) is 38.5 Å². The van der Waals surface area contributed by atoms with Gasteiger partial charge in [-0.25, -0.2) is 0 Å². The normalized spacial score (nSPS) is 12.3. The molecule has 4 heteroatoms. The van der Waals surface area contributed by atoms with Gasteiger partial charge in [0.25, 0.3) is 0 Å². The molecule has 0 aliphatic rings. The third-order valence-electron chi connectivity index (χ3n) is 3.72.